The van der Waals surface area contributed by atoms with Gasteiger partial charge in [-0.1, -0.05) is 0 Å². The third-order valence-electron chi connectivity index (χ3n) is 4.49. The lowest BCUT2D eigenvalue weighted by atomic mass is 10.0. The van der Waals surface area contributed by atoms with Gasteiger partial charge in [0, 0.05) is 18.1 Å². The molecule has 2 bridgehead atoms. The van der Waals surface area contributed by atoms with Crippen LogP contribution in [0.5, 0.6) is 0 Å². The van der Waals surface area contributed by atoms with Crippen LogP contribution >= 0.6 is 12.4 Å². The van der Waals surface area contributed by atoms with E-state index in [9.17, 15) is 12.8 Å². The average Bonchev–Trinajstić information content (AvgIpc) is 2.66. The minimum absolute atomic E-state index is 0. The first-order valence-corrected chi connectivity index (χ1v) is 8.88. The molecule has 124 valence electrons. The molecule has 2 atom stereocenters. The molecule has 2 aliphatic heterocycles. The highest BCUT2D eigenvalue weighted by atomic mass is 35.5. The molecule has 0 amide bonds. The summed E-state index contributed by atoms with van der Waals surface area (Å²) >= 11 is 0. The van der Waals surface area contributed by atoms with Crippen molar-refractivity contribution in [3.05, 3.63) is 29.1 Å². The fourth-order valence-corrected chi connectivity index (χ4v) is 5.47. The lowest BCUT2D eigenvalue weighted by Gasteiger charge is -2.29. The number of nitrogens with one attached hydrogen (secondary N) is 2. The Bertz CT molecular complexity index is 631. The Balaban J connectivity index is 0.00000176. The van der Waals surface area contributed by atoms with Gasteiger partial charge in [0.2, 0.25) is 10.0 Å². The van der Waals surface area contributed by atoms with Crippen molar-refractivity contribution in [1.29, 1.82) is 0 Å². The summed E-state index contributed by atoms with van der Waals surface area (Å²) in [5.74, 6) is -0.399. The summed E-state index contributed by atoms with van der Waals surface area (Å²) in [6.07, 6.45) is 3.90. The number of hydrogen-bond acceptors (Lipinski definition) is 3. The van der Waals surface area contributed by atoms with Crippen molar-refractivity contribution in [2.75, 3.05) is 0 Å². The highest BCUT2D eigenvalue weighted by Crippen LogP contribution is 2.29. The molecule has 2 saturated heterocycles. The van der Waals surface area contributed by atoms with E-state index in [-0.39, 0.29) is 23.3 Å². The van der Waals surface area contributed by atoms with Crippen molar-refractivity contribution in [3.63, 3.8) is 0 Å². The van der Waals surface area contributed by atoms with Crippen LogP contribution < -0.4 is 10.0 Å². The number of hydrogen-bond donors (Lipinski definition) is 2. The second-order valence-electron chi connectivity index (χ2n) is 6.30. The SMILES string of the molecule is Cc1cc(F)cc(C)c1S(=O)(=O)NC1CC2CCC(C1)N2.Cl. The van der Waals surface area contributed by atoms with Gasteiger partial charge in [-0.05, 0) is 62.8 Å². The third kappa shape index (κ3) is 3.45. The Hall–Kier alpha value is -0.690. The molecule has 0 aliphatic carbocycles. The van der Waals surface area contributed by atoms with Crippen LogP contribution in [-0.4, -0.2) is 26.5 Å². The molecule has 0 spiro atoms. The van der Waals surface area contributed by atoms with Crippen LogP contribution in [0, 0.1) is 19.7 Å². The summed E-state index contributed by atoms with van der Waals surface area (Å²) in [5.41, 5.74) is 0.911. The van der Waals surface area contributed by atoms with Gasteiger partial charge in [0.25, 0.3) is 0 Å². The largest absolute Gasteiger partial charge is 0.311 e. The minimum Gasteiger partial charge on any atom is -0.311 e. The molecule has 2 unspecified atom stereocenters. The van der Waals surface area contributed by atoms with E-state index < -0.39 is 15.8 Å². The third-order valence-corrected chi connectivity index (χ3v) is 6.31. The zero-order chi connectivity index (χ0) is 15.2. The fourth-order valence-electron chi connectivity index (χ4n) is 3.75. The van der Waals surface area contributed by atoms with Gasteiger partial charge in [0.1, 0.15) is 5.82 Å². The number of halogens is 2. The maximum atomic E-state index is 13.3. The molecule has 22 heavy (non-hydrogen) atoms. The molecule has 2 aliphatic rings. The molecule has 2 N–H and O–H groups in total. The molecule has 1 aromatic carbocycles. The summed E-state index contributed by atoms with van der Waals surface area (Å²) in [5, 5.41) is 3.49. The fraction of sp³-hybridized carbons (Fsp3) is 0.600. The summed E-state index contributed by atoms with van der Waals surface area (Å²) in [6.45, 7) is 3.27. The van der Waals surface area contributed by atoms with Gasteiger partial charge in [-0.25, -0.2) is 17.5 Å². The van der Waals surface area contributed by atoms with Crippen LogP contribution in [0.15, 0.2) is 17.0 Å². The Labute approximate surface area is 137 Å². The molecule has 0 radical (unpaired) electrons. The quantitative estimate of drug-likeness (QED) is 0.882. The highest BCUT2D eigenvalue weighted by molar-refractivity contribution is 7.89. The Morgan fingerprint density at radius 3 is 2.14 bits per heavy atom. The molecule has 0 saturated carbocycles. The van der Waals surface area contributed by atoms with Gasteiger partial charge in [-0.15, -0.1) is 12.4 Å². The van der Waals surface area contributed by atoms with Crippen molar-refractivity contribution >= 4 is 22.4 Å². The standard InChI is InChI=1S/C15H21FN2O2S.ClH/c1-9-5-11(16)6-10(2)15(9)21(19,20)18-14-7-12-3-4-13(8-14)17-12;/h5-6,12-14,17-18H,3-4,7-8H2,1-2H3;1H. The monoisotopic (exact) mass is 348 g/mol. The van der Waals surface area contributed by atoms with Crippen molar-refractivity contribution in [2.24, 2.45) is 0 Å². The van der Waals surface area contributed by atoms with Crippen LogP contribution in [0.25, 0.3) is 0 Å². The van der Waals surface area contributed by atoms with E-state index in [2.05, 4.69) is 10.0 Å². The minimum atomic E-state index is -3.60. The molecule has 1 aromatic rings. The van der Waals surface area contributed by atoms with Crippen molar-refractivity contribution in [3.8, 4) is 0 Å². The molecule has 3 rings (SSSR count). The molecule has 0 aromatic heterocycles. The van der Waals surface area contributed by atoms with E-state index in [1.54, 1.807) is 13.8 Å². The molecule has 2 fully saturated rings. The van der Waals surface area contributed by atoms with Crippen LogP contribution in [-0.2, 0) is 10.0 Å². The van der Waals surface area contributed by atoms with Crippen LogP contribution in [0.4, 0.5) is 4.39 Å². The number of fused-ring (bicyclic) bond motifs is 2. The number of aryl methyl sites for hydroxylation is 2. The predicted molar refractivity (Wildman–Crippen MR) is 86.4 cm³/mol. The zero-order valence-electron chi connectivity index (χ0n) is 12.7. The van der Waals surface area contributed by atoms with Crippen molar-refractivity contribution in [2.45, 2.75) is 62.6 Å². The van der Waals surface area contributed by atoms with Gasteiger partial charge in [0.15, 0.2) is 0 Å². The van der Waals surface area contributed by atoms with Crippen LogP contribution in [0.2, 0.25) is 0 Å². The van der Waals surface area contributed by atoms with E-state index in [0.717, 1.165) is 25.7 Å². The first kappa shape index (κ1) is 17.7. The number of sulfonamides is 1. The van der Waals surface area contributed by atoms with Gasteiger partial charge in [0.05, 0.1) is 4.90 Å². The first-order valence-electron chi connectivity index (χ1n) is 7.40. The van der Waals surface area contributed by atoms with Crippen LogP contribution in [0.1, 0.15) is 36.8 Å². The predicted octanol–water partition coefficient (Wildman–Crippen LogP) is 2.43. The summed E-state index contributed by atoms with van der Waals surface area (Å²) in [7, 11) is -3.60. The Morgan fingerprint density at radius 1 is 1.14 bits per heavy atom. The number of benzene rings is 1. The van der Waals surface area contributed by atoms with Gasteiger partial charge < -0.3 is 5.32 Å². The second-order valence-corrected chi connectivity index (χ2v) is 7.95. The van der Waals surface area contributed by atoms with E-state index in [1.165, 1.54) is 12.1 Å². The summed E-state index contributed by atoms with van der Waals surface area (Å²) in [6, 6.07) is 3.36. The lowest BCUT2D eigenvalue weighted by Crippen LogP contribution is -2.48. The highest BCUT2D eigenvalue weighted by Gasteiger charge is 2.35. The van der Waals surface area contributed by atoms with Crippen molar-refractivity contribution < 1.29 is 12.8 Å². The number of rotatable bonds is 3. The zero-order valence-corrected chi connectivity index (χ0v) is 14.4. The maximum absolute atomic E-state index is 13.3. The summed E-state index contributed by atoms with van der Waals surface area (Å²) < 4.78 is 41.4. The van der Waals surface area contributed by atoms with E-state index in [4.69, 9.17) is 0 Å². The molecule has 2 heterocycles. The molecule has 4 nitrogen and oxygen atoms in total. The summed E-state index contributed by atoms with van der Waals surface area (Å²) in [4.78, 5) is 0.217. The average molecular weight is 349 g/mol. The van der Waals surface area contributed by atoms with Crippen LogP contribution in [0.3, 0.4) is 0 Å². The molecular weight excluding hydrogens is 327 g/mol. The van der Waals surface area contributed by atoms with E-state index >= 15 is 0 Å². The Morgan fingerprint density at radius 2 is 1.64 bits per heavy atom. The van der Waals surface area contributed by atoms with E-state index in [0.29, 0.717) is 23.2 Å². The van der Waals surface area contributed by atoms with Gasteiger partial charge in [-0.3, -0.25) is 0 Å². The number of piperidine rings is 1. The first-order chi connectivity index (χ1) is 9.85. The lowest BCUT2D eigenvalue weighted by molar-refractivity contribution is 0.345. The smallest absolute Gasteiger partial charge is 0.241 e. The van der Waals surface area contributed by atoms with Crippen molar-refractivity contribution in [1.82, 2.24) is 10.0 Å². The second kappa shape index (κ2) is 6.43. The topological polar surface area (TPSA) is 58.2 Å². The normalized spacial score (nSPS) is 27.5. The van der Waals surface area contributed by atoms with Gasteiger partial charge in [-0.2, -0.15) is 0 Å². The Kier molecular flexibility index (Phi) is 5.16. The van der Waals surface area contributed by atoms with Gasteiger partial charge >= 0.3 is 0 Å². The molecule has 7 heteroatoms. The molecular formula is C15H22ClFN2O2S. The maximum Gasteiger partial charge on any atom is 0.241 e. The van der Waals surface area contributed by atoms with E-state index in [1.807, 2.05) is 0 Å².